The molecule has 0 saturated carbocycles. The summed E-state index contributed by atoms with van der Waals surface area (Å²) in [5.74, 6) is -0.667. The quantitative estimate of drug-likeness (QED) is 0.747. The summed E-state index contributed by atoms with van der Waals surface area (Å²) in [6.07, 6.45) is 0.156. The third-order valence-electron chi connectivity index (χ3n) is 4.18. The molecule has 0 bridgehead atoms. The molecule has 146 valence electrons. The van der Waals surface area contributed by atoms with Gasteiger partial charge in [-0.3, -0.25) is 0 Å². The van der Waals surface area contributed by atoms with E-state index in [-0.39, 0.29) is 35.8 Å². The number of rotatable bonds is 6. The molecule has 9 heteroatoms. The van der Waals surface area contributed by atoms with Crippen LogP contribution in [0.4, 0.5) is 4.39 Å². The van der Waals surface area contributed by atoms with Gasteiger partial charge in [-0.15, -0.1) is 0 Å². The van der Waals surface area contributed by atoms with Crippen LogP contribution in [0.2, 0.25) is 0 Å². The molecule has 1 aromatic heterocycles. The summed E-state index contributed by atoms with van der Waals surface area (Å²) in [6, 6.07) is 5.74. The monoisotopic (exact) mass is 395 g/mol. The summed E-state index contributed by atoms with van der Waals surface area (Å²) >= 11 is 0. The van der Waals surface area contributed by atoms with E-state index in [1.165, 1.54) is 16.4 Å². The van der Waals surface area contributed by atoms with Gasteiger partial charge in [0.25, 0.3) is 0 Å². The molecule has 27 heavy (non-hydrogen) atoms. The fraction of sp³-hybridized carbons (Fsp3) is 0.444. The van der Waals surface area contributed by atoms with Crippen LogP contribution < -0.4 is 9.47 Å². The molecule has 1 unspecified atom stereocenters. The number of sulfonamides is 1. The normalized spacial score (nSPS) is 17.9. The maximum absolute atomic E-state index is 14.0. The van der Waals surface area contributed by atoms with Crippen molar-refractivity contribution in [2.45, 2.75) is 38.2 Å². The summed E-state index contributed by atoms with van der Waals surface area (Å²) in [7, 11) is -3.82. The zero-order chi connectivity index (χ0) is 19.6. The summed E-state index contributed by atoms with van der Waals surface area (Å²) in [4.78, 5) is 8.33. The van der Waals surface area contributed by atoms with Crippen LogP contribution in [-0.4, -0.2) is 48.5 Å². The van der Waals surface area contributed by atoms with E-state index >= 15 is 0 Å². The molecule has 2 heterocycles. The molecular weight excluding hydrogens is 373 g/mol. The van der Waals surface area contributed by atoms with Crippen molar-refractivity contribution >= 4 is 10.0 Å². The number of halogens is 1. The van der Waals surface area contributed by atoms with E-state index < -0.39 is 15.8 Å². The molecule has 2 aromatic rings. The van der Waals surface area contributed by atoms with Gasteiger partial charge < -0.3 is 9.47 Å². The Morgan fingerprint density at radius 3 is 2.56 bits per heavy atom. The highest BCUT2D eigenvalue weighted by atomic mass is 32.2. The van der Waals surface area contributed by atoms with Gasteiger partial charge in [0.05, 0.1) is 18.0 Å². The highest BCUT2D eigenvalue weighted by molar-refractivity contribution is 7.89. The smallest absolute Gasteiger partial charge is 0.317 e. The molecule has 1 aromatic carbocycles. The van der Waals surface area contributed by atoms with E-state index in [4.69, 9.17) is 9.47 Å². The maximum atomic E-state index is 14.0. The Balaban J connectivity index is 1.72. The predicted molar refractivity (Wildman–Crippen MR) is 96.9 cm³/mol. The Kier molecular flexibility index (Phi) is 5.61. The number of aromatic nitrogens is 2. The van der Waals surface area contributed by atoms with E-state index in [1.807, 2.05) is 19.9 Å². The molecule has 1 saturated heterocycles. The zero-order valence-electron chi connectivity index (χ0n) is 15.5. The summed E-state index contributed by atoms with van der Waals surface area (Å²) in [5.41, 5.74) is 1.56. The van der Waals surface area contributed by atoms with Gasteiger partial charge in [-0.2, -0.15) is 4.31 Å². The van der Waals surface area contributed by atoms with Crippen molar-refractivity contribution in [3.8, 4) is 11.8 Å². The molecule has 0 spiro atoms. The Bertz CT molecular complexity index is 916. The van der Waals surface area contributed by atoms with Crippen molar-refractivity contribution in [1.82, 2.24) is 14.3 Å². The first kappa shape index (κ1) is 19.5. The van der Waals surface area contributed by atoms with Gasteiger partial charge in [0.2, 0.25) is 10.0 Å². The Labute approximate surface area is 158 Å². The van der Waals surface area contributed by atoms with E-state index in [2.05, 4.69) is 9.97 Å². The predicted octanol–water partition coefficient (Wildman–Crippen LogP) is 2.47. The fourth-order valence-electron chi connectivity index (χ4n) is 2.97. The highest BCUT2D eigenvalue weighted by Gasteiger charge is 2.34. The van der Waals surface area contributed by atoms with Crippen molar-refractivity contribution in [3.05, 3.63) is 41.5 Å². The minimum absolute atomic E-state index is 0.0334. The lowest BCUT2D eigenvalue weighted by molar-refractivity contribution is 0.197. The SMILES string of the molecule is CCOc1ccc(S(=O)(=O)N2CCC(Oc3nc(C)cc(C)n3)C2)cc1F. The lowest BCUT2D eigenvalue weighted by Gasteiger charge is -2.17. The van der Waals surface area contributed by atoms with Crippen molar-refractivity contribution in [2.75, 3.05) is 19.7 Å². The van der Waals surface area contributed by atoms with Gasteiger partial charge in [-0.1, -0.05) is 0 Å². The molecule has 1 fully saturated rings. The van der Waals surface area contributed by atoms with E-state index in [0.717, 1.165) is 17.5 Å². The lowest BCUT2D eigenvalue weighted by Crippen LogP contribution is -2.31. The molecule has 0 amide bonds. The first-order valence-electron chi connectivity index (χ1n) is 8.71. The number of aryl methyl sites for hydroxylation is 2. The van der Waals surface area contributed by atoms with E-state index in [9.17, 15) is 12.8 Å². The second-order valence-corrected chi connectivity index (χ2v) is 8.29. The van der Waals surface area contributed by atoms with Crippen molar-refractivity contribution in [1.29, 1.82) is 0 Å². The van der Waals surface area contributed by atoms with Crippen LogP contribution in [0.3, 0.4) is 0 Å². The Morgan fingerprint density at radius 1 is 1.22 bits per heavy atom. The molecular formula is C18H22FN3O4S. The van der Waals surface area contributed by atoms with Crippen LogP contribution in [0.5, 0.6) is 11.8 Å². The first-order chi connectivity index (χ1) is 12.8. The average Bonchev–Trinajstić information content (AvgIpc) is 3.05. The topological polar surface area (TPSA) is 81.6 Å². The Morgan fingerprint density at radius 2 is 1.93 bits per heavy atom. The van der Waals surface area contributed by atoms with Gasteiger partial charge >= 0.3 is 6.01 Å². The standard InChI is InChI=1S/C18H22FN3O4S/c1-4-25-17-6-5-15(10-16(17)19)27(23,24)22-8-7-14(11-22)26-18-20-12(2)9-13(3)21-18/h5-6,9-10,14H,4,7-8,11H2,1-3H3. The van der Waals surface area contributed by atoms with Gasteiger partial charge in [0.15, 0.2) is 11.6 Å². The van der Waals surface area contributed by atoms with Crippen LogP contribution in [0, 0.1) is 19.7 Å². The minimum atomic E-state index is -3.82. The number of hydrogen-bond acceptors (Lipinski definition) is 6. The van der Waals surface area contributed by atoms with Crippen molar-refractivity contribution < 1.29 is 22.3 Å². The lowest BCUT2D eigenvalue weighted by atomic mass is 10.3. The third-order valence-corrected chi connectivity index (χ3v) is 6.04. The van der Waals surface area contributed by atoms with Gasteiger partial charge in [-0.05, 0) is 51.5 Å². The van der Waals surface area contributed by atoms with Gasteiger partial charge in [0.1, 0.15) is 6.10 Å². The zero-order valence-corrected chi connectivity index (χ0v) is 16.3. The molecule has 0 aliphatic carbocycles. The number of ether oxygens (including phenoxy) is 2. The minimum Gasteiger partial charge on any atom is -0.491 e. The third kappa shape index (κ3) is 4.36. The molecule has 0 radical (unpaired) electrons. The number of nitrogens with zero attached hydrogens (tertiary/aromatic N) is 3. The average molecular weight is 395 g/mol. The fourth-order valence-corrected chi connectivity index (χ4v) is 4.47. The van der Waals surface area contributed by atoms with Crippen LogP contribution in [0.1, 0.15) is 24.7 Å². The summed E-state index contributed by atoms with van der Waals surface area (Å²) < 4.78 is 51.8. The second-order valence-electron chi connectivity index (χ2n) is 6.35. The van der Waals surface area contributed by atoms with Crippen molar-refractivity contribution in [2.24, 2.45) is 0 Å². The van der Waals surface area contributed by atoms with Crippen LogP contribution >= 0.6 is 0 Å². The van der Waals surface area contributed by atoms with Crippen LogP contribution in [0.15, 0.2) is 29.2 Å². The molecule has 3 rings (SSSR count). The number of hydrogen-bond donors (Lipinski definition) is 0. The first-order valence-corrected chi connectivity index (χ1v) is 10.1. The maximum Gasteiger partial charge on any atom is 0.317 e. The second kappa shape index (κ2) is 7.77. The highest BCUT2D eigenvalue weighted by Crippen LogP contribution is 2.26. The molecule has 7 nitrogen and oxygen atoms in total. The molecule has 1 aliphatic rings. The molecule has 1 atom stereocenters. The van der Waals surface area contributed by atoms with Gasteiger partial charge in [-0.25, -0.2) is 22.8 Å². The summed E-state index contributed by atoms with van der Waals surface area (Å²) in [5, 5.41) is 0. The van der Waals surface area contributed by atoms with Crippen molar-refractivity contribution in [3.63, 3.8) is 0 Å². The van der Waals surface area contributed by atoms with E-state index in [1.54, 1.807) is 6.92 Å². The molecule has 1 aliphatic heterocycles. The Hall–Kier alpha value is -2.26. The van der Waals surface area contributed by atoms with Gasteiger partial charge in [0, 0.05) is 17.9 Å². The largest absolute Gasteiger partial charge is 0.491 e. The summed E-state index contributed by atoms with van der Waals surface area (Å²) in [6.45, 7) is 6.16. The number of benzene rings is 1. The van der Waals surface area contributed by atoms with Crippen LogP contribution in [-0.2, 0) is 10.0 Å². The van der Waals surface area contributed by atoms with E-state index in [0.29, 0.717) is 13.0 Å². The molecule has 0 N–H and O–H groups in total. The van der Waals surface area contributed by atoms with Crippen LogP contribution in [0.25, 0.3) is 0 Å².